The zero-order valence-corrected chi connectivity index (χ0v) is 20.8. The van der Waals surface area contributed by atoms with Gasteiger partial charge in [-0.25, -0.2) is 0 Å². The van der Waals surface area contributed by atoms with Crippen molar-refractivity contribution in [3.8, 4) is 0 Å². The number of thioether (sulfide) groups is 1. The Hall–Kier alpha value is -4.11. The zero-order chi connectivity index (χ0) is 25.7. The maximum absolute atomic E-state index is 12.6. The van der Waals surface area contributed by atoms with Gasteiger partial charge in [0, 0.05) is 58.5 Å². The van der Waals surface area contributed by atoms with Crippen LogP contribution in [0.4, 0.5) is 11.4 Å². The Morgan fingerprint density at radius 2 is 1.69 bits per heavy atom. The second-order valence-electron chi connectivity index (χ2n) is 8.48. The molecule has 9 heteroatoms. The van der Waals surface area contributed by atoms with Crippen LogP contribution in [0.25, 0.3) is 10.9 Å². The highest BCUT2D eigenvalue weighted by molar-refractivity contribution is 8.00. The van der Waals surface area contributed by atoms with Crippen LogP contribution in [0.3, 0.4) is 0 Å². The average molecular weight is 503 g/mol. The van der Waals surface area contributed by atoms with Crippen molar-refractivity contribution in [1.82, 2.24) is 9.88 Å². The maximum atomic E-state index is 12.6. The summed E-state index contributed by atoms with van der Waals surface area (Å²) in [6.45, 7) is 5.00. The molecule has 1 aromatic heterocycles. The molecule has 0 aliphatic heterocycles. The van der Waals surface area contributed by atoms with Crippen molar-refractivity contribution in [2.75, 3.05) is 17.6 Å². The normalized spacial score (nSPS) is 10.8. The predicted molar refractivity (Wildman–Crippen MR) is 143 cm³/mol. The molecule has 0 fully saturated rings. The second kappa shape index (κ2) is 11.1. The summed E-state index contributed by atoms with van der Waals surface area (Å²) in [6.07, 6.45) is 2.00. The van der Waals surface area contributed by atoms with Crippen LogP contribution >= 0.6 is 11.8 Å². The molecule has 0 atom stereocenters. The third kappa shape index (κ3) is 6.11. The first-order valence-electron chi connectivity index (χ1n) is 11.4. The lowest BCUT2D eigenvalue weighted by atomic mass is 10.1. The number of para-hydroxylation sites is 1. The molecule has 36 heavy (non-hydrogen) atoms. The molecular formula is C27H26N4O4S. The first-order chi connectivity index (χ1) is 17.3. The van der Waals surface area contributed by atoms with Gasteiger partial charge in [0.1, 0.15) is 0 Å². The summed E-state index contributed by atoms with van der Waals surface area (Å²) in [5.74, 6) is -0.115. The number of nitrogens with zero attached hydrogens (tertiary/aromatic N) is 2. The number of hydrogen-bond acceptors (Lipinski definition) is 5. The van der Waals surface area contributed by atoms with E-state index in [-0.39, 0.29) is 23.3 Å². The van der Waals surface area contributed by atoms with Gasteiger partial charge in [-0.05, 0) is 44.2 Å². The molecule has 2 N–H and O–H groups in total. The lowest BCUT2D eigenvalue weighted by Gasteiger charge is -2.09. The number of nitro benzene ring substituents is 1. The Labute approximate surface area is 212 Å². The maximum Gasteiger partial charge on any atom is 0.269 e. The summed E-state index contributed by atoms with van der Waals surface area (Å²) in [5, 5.41) is 17.6. The number of aryl methyl sites for hydroxylation is 2. The molecule has 184 valence electrons. The topological polar surface area (TPSA) is 106 Å². The van der Waals surface area contributed by atoms with Gasteiger partial charge in [0.05, 0.1) is 10.7 Å². The number of amides is 2. The average Bonchev–Trinajstić information content (AvgIpc) is 3.20. The quantitative estimate of drug-likeness (QED) is 0.183. The molecule has 4 rings (SSSR count). The second-order valence-corrected chi connectivity index (χ2v) is 9.49. The molecule has 0 unspecified atom stereocenters. The number of carbonyl (C=O) groups excluding carboxylic acids is 2. The van der Waals surface area contributed by atoms with Crippen LogP contribution in [0, 0.1) is 24.0 Å². The minimum Gasteiger partial charge on any atom is -0.350 e. The Bertz CT molecular complexity index is 1410. The number of nitro groups is 1. The third-order valence-electron chi connectivity index (χ3n) is 5.59. The van der Waals surface area contributed by atoms with E-state index >= 15 is 0 Å². The van der Waals surface area contributed by atoms with Crippen LogP contribution in [0.15, 0.2) is 77.8 Å². The summed E-state index contributed by atoms with van der Waals surface area (Å²) < 4.78 is 2.08. The van der Waals surface area contributed by atoms with Crippen molar-refractivity contribution >= 4 is 45.9 Å². The van der Waals surface area contributed by atoms with E-state index in [1.165, 1.54) is 36.0 Å². The summed E-state index contributed by atoms with van der Waals surface area (Å²) in [4.78, 5) is 36.3. The Balaban J connectivity index is 1.37. The van der Waals surface area contributed by atoms with Gasteiger partial charge < -0.3 is 15.2 Å². The van der Waals surface area contributed by atoms with Crippen LogP contribution in [-0.4, -0.2) is 33.6 Å². The fourth-order valence-electron chi connectivity index (χ4n) is 4.02. The van der Waals surface area contributed by atoms with Gasteiger partial charge in [-0.3, -0.25) is 19.7 Å². The first-order valence-corrected chi connectivity index (χ1v) is 12.4. The molecule has 0 bridgehead atoms. The molecule has 0 saturated carbocycles. The highest BCUT2D eigenvalue weighted by Gasteiger charge is 2.13. The molecule has 0 radical (unpaired) electrons. The van der Waals surface area contributed by atoms with Gasteiger partial charge in [-0.1, -0.05) is 35.4 Å². The predicted octanol–water partition coefficient (Wildman–Crippen LogP) is 5.33. The van der Waals surface area contributed by atoms with Gasteiger partial charge >= 0.3 is 0 Å². The van der Waals surface area contributed by atoms with E-state index in [1.807, 2.05) is 62.5 Å². The van der Waals surface area contributed by atoms with Crippen LogP contribution in [0.5, 0.6) is 0 Å². The summed E-state index contributed by atoms with van der Waals surface area (Å²) in [7, 11) is 0. The first kappa shape index (κ1) is 25.0. The molecule has 8 nitrogen and oxygen atoms in total. The number of rotatable bonds is 9. The minimum absolute atomic E-state index is 0.0274. The number of carbonyl (C=O) groups is 2. The molecule has 3 aromatic carbocycles. The summed E-state index contributed by atoms with van der Waals surface area (Å²) in [6, 6.07) is 19.5. The van der Waals surface area contributed by atoms with Crippen LogP contribution in [0.2, 0.25) is 0 Å². The number of nitrogens with one attached hydrogen (secondary N) is 2. The molecule has 1 heterocycles. The van der Waals surface area contributed by atoms with Crippen molar-refractivity contribution in [1.29, 1.82) is 0 Å². The smallest absolute Gasteiger partial charge is 0.269 e. The van der Waals surface area contributed by atoms with Gasteiger partial charge in [-0.2, -0.15) is 0 Å². The van der Waals surface area contributed by atoms with Crippen LogP contribution < -0.4 is 10.6 Å². The van der Waals surface area contributed by atoms with E-state index in [4.69, 9.17) is 0 Å². The zero-order valence-electron chi connectivity index (χ0n) is 20.0. The molecule has 0 saturated heterocycles. The monoisotopic (exact) mass is 502 g/mol. The Kier molecular flexibility index (Phi) is 7.70. The number of aromatic nitrogens is 1. The van der Waals surface area contributed by atoms with Gasteiger partial charge in [0.25, 0.3) is 11.6 Å². The summed E-state index contributed by atoms with van der Waals surface area (Å²) in [5.41, 5.74) is 4.26. The lowest BCUT2D eigenvalue weighted by molar-refractivity contribution is -0.384. The molecule has 2 amide bonds. The van der Waals surface area contributed by atoms with Crippen molar-refractivity contribution in [2.45, 2.75) is 25.3 Å². The molecular weight excluding hydrogens is 476 g/mol. The Morgan fingerprint density at radius 3 is 2.39 bits per heavy atom. The highest BCUT2D eigenvalue weighted by Crippen LogP contribution is 2.30. The lowest BCUT2D eigenvalue weighted by Crippen LogP contribution is -2.27. The highest BCUT2D eigenvalue weighted by atomic mass is 32.2. The van der Waals surface area contributed by atoms with E-state index in [0.29, 0.717) is 24.3 Å². The molecule has 0 aliphatic carbocycles. The molecule has 0 aliphatic rings. The standard InChI is InChI=1S/C27H26N4O4S/c1-18-13-19(2)15-20(14-18)27(33)28-11-12-30-16-25(23-5-3-4-6-24(23)30)36-17-26(32)29-21-7-9-22(10-8-21)31(34)35/h3-10,13-16H,11-12,17H2,1-2H3,(H,28,33)(H,29,32). The Morgan fingerprint density at radius 1 is 1.00 bits per heavy atom. The number of non-ortho nitro benzene ring substituents is 1. The fraction of sp³-hybridized carbons (Fsp3) is 0.185. The van der Waals surface area contributed by atoms with Crippen LogP contribution in [0.1, 0.15) is 21.5 Å². The fourth-order valence-corrected chi connectivity index (χ4v) is 4.91. The minimum atomic E-state index is -0.480. The largest absolute Gasteiger partial charge is 0.350 e. The SMILES string of the molecule is Cc1cc(C)cc(C(=O)NCCn2cc(SCC(=O)Nc3ccc([N+](=O)[O-])cc3)c3ccccc32)c1. The molecule has 0 spiro atoms. The number of benzene rings is 3. The van der Waals surface area contributed by atoms with Crippen molar-refractivity contribution < 1.29 is 14.5 Å². The molecule has 4 aromatic rings. The van der Waals surface area contributed by atoms with E-state index in [0.717, 1.165) is 26.9 Å². The van der Waals surface area contributed by atoms with E-state index in [2.05, 4.69) is 15.2 Å². The number of hydrogen-bond donors (Lipinski definition) is 2. The van der Waals surface area contributed by atoms with Crippen LogP contribution in [-0.2, 0) is 11.3 Å². The number of fused-ring (bicyclic) bond motifs is 1. The number of anilines is 1. The van der Waals surface area contributed by atoms with E-state index in [1.54, 1.807) is 0 Å². The van der Waals surface area contributed by atoms with Crippen molar-refractivity contribution in [3.05, 3.63) is 99.7 Å². The van der Waals surface area contributed by atoms with Gasteiger partial charge in [-0.15, -0.1) is 11.8 Å². The van der Waals surface area contributed by atoms with Gasteiger partial charge in [0.15, 0.2) is 0 Å². The summed E-state index contributed by atoms with van der Waals surface area (Å²) >= 11 is 1.42. The van der Waals surface area contributed by atoms with Gasteiger partial charge in [0.2, 0.25) is 5.91 Å². The third-order valence-corrected chi connectivity index (χ3v) is 6.64. The van der Waals surface area contributed by atoms with E-state index < -0.39 is 4.92 Å². The van der Waals surface area contributed by atoms with Crippen molar-refractivity contribution in [2.24, 2.45) is 0 Å². The van der Waals surface area contributed by atoms with Crippen molar-refractivity contribution in [3.63, 3.8) is 0 Å². The van der Waals surface area contributed by atoms with E-state index in [9.17, 15) is 19.7 Å².